The molecule has 0 bridgehead atoms. The monoisotopic (exact) mass is 337 g/mol. The molecule has 1 aliphatic rings. The first-order valence-electron chi connectivity index (χ1n) is 7.77. The predicted molar refractivity (Wildman–Crippen MR) is 85.1 cm³/mol. The van der Waals surface area contributed by atoms with Crippen molar-refractivity contribution in [1.29, 1.82) is 0 Å². The van der Waals surface area contributed by atoms with Crippen molar-refractivity contribution in [1.82, 2.24) is 4.90 Å². The fraction of sp³-hybridized carbons (Fsp3) is 0.529. The zero-order chi connectivity index (χ0) is 17.7. The van der Waals surface area contributed by atoms with Crippen molar-refractivity contribution in [2.24, 2.45) is 5.92 Å². The van der Waals surface area contributed by atoms with Crippen molar-refractivity contribution in [2.45, 2.75) is 31.8 Å². The quantitative estimate of drug-likeness (QED) is 0.753. The van der Waals surface area contributed by atoms with Gasteiger partial charge in [0, 0.05) is 14.2 Å². The first-order valence-corrected chi connectivity index (χ1v) is 7.77. The van der Waals surface area contributed by atoms with Crippen molar-refractivity contribution >= 4 is 12.0 Å². The third kappa shape index (κ3) is 3.92. The molecule has 0 saturated carbocycles. The number of benzene rings is 1. The molecule has 1 aromatic carbocycles. The average molecular weight is 337 g/mol. The maximum Gasteiger partial charge on any atom is 0.416 e. The van der Waals surface area contributed by atoms with E-state index in [4.69, 9.17) is 14.2 Å². The van der Waals surface area contributed by atoms with Gasteiger partial charge in [0.25, 0.3) is 0 Å². The molecule has 2 rings (SSSR count). The molecular weight excluding hydrogens is 314 g/mol. The van der Waals surface area contributed by atoms with Gasteiger partial charge in [-0.25, -0.2) is 9.69 Å². The van der Waals surface area contributed by atoms with Gasteiger partial charge < -0.3 is 19.3 Å². The van der Waals surface area contributed by atoms with Gasteiger partial charge in [0.2, 0.25) is 5.91 Å². The number of amides is 2. The summed E-state index contributed by atoms with van der Waals surface area (Å²) in [4.78, 5) is 25.8. The molecule has 0 spiro atoms. The first kappa shape index (κ1) is 18.4. The standard InChI is InChI=1S/C17H23NO6/c1-11(14(19)16(22-2)23-3)15(20)18-13(10-24-17(18)21)9-12-7-5-4-6-8-12/h4-8,11,13-14,16,19H,9-10H2,1-3H3/t11?,13-,14?/m1/s1. The summed E-state index contributed by atoms with van der Waals surface area (Å²) in [6, 6.07) is 9.15. The van der Waals surface area contributed by atoms with Gasteiger partial charge in [0.15, 0.2) is 6.29 Å². The van der Waals surface area contributed by atoms with Gasteiger partial charge in [-0.15, -0.1) is 0 Å². The zero-order valence-electron chi connectivity index (χ0n) is 14.0. The Morgan fingerprint density at radius 1 is 1.33 bits per heavy atom. The van der Waals surface area contributed by atoms with Crippen molar-refractivity contribution in [2.75, 3.05) is 20.8 Å². The third-order valence-corrected chi connectivity index (χ3v) is 4.16. The summed E-state index contributed by atoms with van der Waals surface area (Å²) < 4.78 is 15.0. The molecule has 1 saturated heterocycles. The molecule has 0 radical (unpaired) electrons. The SMILES string of the molecule is COC(OC)C(O)C(C)C(=O)N1C(=O)OC[C@H]1Cc1ccccc1. The van der Waals surface area contributed by atoms with E-state index in [1.165, 1.54) is 21.1 Å². The lowest BCUT2D eigenvalue weighted by Gasteiger charge is -2.28. The summed E-state index contributed by atoms with van der Waals surface area (Å²) in [5, 5.41) is 10.2. The van der Waals surface area contributed by atoms with Crippen LogP contribution in [0.3, 0.4) is 0 Å². The number of aliphatic hydroxyl groups is 1. The van der Waals surface area contributed by atoms with E-state index in [-0.39, 0.29) is 6.61 Å². The molecule has 1 aromatic rings. The van der Waals surface area contributed by atoms with Gasteiger partial charge in [-0.05, 0) is 12.0 Å². The largest absolute Gasteiger partial charge is 0.447 e. The maximum atomic E-state index is 12.7. The van der Waals surface area contributed by atoms with Crippen LogP contribution in [0.15, 0.2) is 30.3 Å². The number of carbonyl (C=O) groups excluding carboxylic acids is 2. The van der Waals surface area contributed by atoms with Crippen LogP contribution < -0.4 is 0 Å². The lowest BCUT2D eigenvalue weighted by molar-refractivity contribution is -0.183. The van der Waals surface area contributed by atoms with Gasteiger partial charge in [0.1, 0.15) is 12.7 Å². The Bertz CT molecular complexity index is 559. The Morgan fingerprint density at radius 2 is 1.96 bits per heavy atom. The molecule has 3 atom stereocenters. The maximum absolute atomic E-state index is 12.7. The van der Waals surface area contributed by atoms with Crippen LogP contribution in [0, 0.1) is 5.92 Å². The Balaban J connectivity index is 2.11. The summed E-state index contributed by atoms with van der Waals surface area (Å²) in [7, 11) is 2.74. The van der Waals surface area contributed by atoms with Crippen molar-refractivity contribution in [3.8, 4) is 0 Å². The smallest absolute Gasteiger partial charge is 0.416 e. The molecule has 132 valence electrons. The number of hydrogen-bond donors (Lipinski definition) is 1. The lowest BCUT2D eigenvalue weighted by atomic mass is 10.00. The molecule has 1 N–H and O–H groups in total. The van der Waals surface area contributed by atoms with Gasteiger partial charge in [-0.3, -0.25) is 4.79 Å². The van der Waals surface area contributed by atoms with Gasteiger partial charge >= 0.3 is 6.09 Å². The lowest BCUT2D eigenvalue weighted by Crippen LogP contribution is -2.48. The predicted octanol–water partition coefficient (Wildman–Crippen LogP) is 1.19. The topological polar surface area (TPSA) is 85.3 Å². The molecule has 2 amide bonds. The van der Waals surface area contributed by atoms with E-state index in [0.717, 1.165) is 10.5 Å². The van der Waals surface area contributed by atoms with Crippen LogP contribution >= 0.6 is 0 Å². The Kier molecular flexibility index (Phi) is 6.30. The van der Waals surface area contributed by atoms with Crippen LogP contribution in [0.1, 0.15) is 12.5 Å². The minimum Gasteiger partial charge on any atom is -0.447 e. The highest BCUT2D eigenvalue weighted by molar-refractivity contribution is 5.95. The third-order valence-electron chi connectivity index (χ3n) is 4.16. The Labute approximate surface area is 141 Å². The van der Waals surface area contributed by atoms with Crippen LogP contribution in [-0.4, -0.2) is 61.3 Å². The van der Waals surface area contributed by atoms with Crippen LogP contribution in [0.2, 0.25) is 0 Å². The molecule has 7 nitrogen and oxygen atoms in total. The molecule has 7 heteroatoms. The highest BCUT2D eigenvalue weighted by Crippen LogP contribution is 2.22. The van der Waals surface area contributed by atoms with E-state index in [0.29, 0.717) is 6.42 Å². The summed E-state index contributed by atoms with van der Waals surface area (Å²) in [5.41, 5.74) is 0.999. The molecule has 1 fully saturated rings. The molecule has 1 aliphatic heterocycles. The number of aliphatic hydroxyl groups excluding tert-OH is 1. The average Bonchev–Trinajstić information content (AvgIpc) is 2.95. The normalized spacial score (nSPS) is 20.1. The van der Waals surface area contributed by atoms with Crippen molar-refractivity contribution < 1.29 is 28.9 Å². The zero-order valence-corrected chi connectivity index (χ0v) is 14.0. The van der Waals surface area contributed by atoms with Gasteiger partial charge in [-0.1, -0.05) is 37.3 Å². The van der Waals surface area contributed by atoms with Crippen molar-refractivity contribution in [3.05, 3.63) is 35.9 Å². The van der Waals surface area contributed by atoms with E-state index in [1.807, 2.05) is 30.3 Å². The van der Waals surface area contributed by atoms with Crippen LogP contribution in [-0.2, 0) is 25.4 Å². The number of carbonyl (C=O) groups is 2. The number of ether oxygens (including phenoxy) is 3. The van der Waals surface area contributed by atoms with Crippen LogP contribution in [0.25, 0.3) is 0 Å². The van der Waals surface area contributed by atoms with E-state index < -0.39 is 36.4 Å². The highest BCUT2D eigenvalue weighted by atomic mass is 16.7. The molecule has 2 unspecified atom stereocenters. The number of nitrogens with zero attached hydrogens (tertiary/aromatic N) is 1. The Hall–Kier alpha value is -1.96. The van der Waals surface area contributed by atoms with E-state index >= 15 is 0 Å². The second-order valence-electron chi connectivity index (χ2n) is 5.75. The Morgan fingerprint density at radius 3 is 2.54 bits per heavy atom. The van der Waals surface area contributed by atoms with E-state index in [1.54, 1.807) is 0 Å². The second-order valence-corrected chi connectivity index (χ2v) is 5.75. The molecule has 0 aliphatic carbocycles. The fourth-order valence-corrected chi connectivity index (χ4v) is 2.74. The number of hydrogen-bond acceptors (Lipinski definition) is 6. The molecule has 1 heterocycles. The highest BCUT2D eigenvalue weighted by Gasteiger charge is 2.42. The minimum atomic E-state index is -1.20. The van der Waals surface area contributed by atoms with Crippen LogP contribution in [0.4, 0.5) is 4.79 Å². The molecule has 0 aromatic heterocycles. The minimum absolute atomic E-state index is 0.139. The van der Waals surface area contributed by atoms with E-state index in [2.05, 4.69) is 0 Å². The number of imide groups is 1. The molecule has 24 heavy (non-hydrogen) atoms. The number of methoxy groups -OCH3 is 2. The fourth-order valence-electron chi connectivity index (χ4n) is 2.74. The summed E-state index contributed by atoms with van der Waals surface area (Å²) in [6.45, 7) is 1.67. The van der Waals surface area contributed by atoms with E-state index in [9.17, 15) is 14.7 Å². The van der Waals surface area contributed by atoms with Gasteiger partial charge in [-0.2, -0.15) is 0 Å². The summed E-state index contributed by atoms with van der Waals surface area (Å²) in [6.07, 6.45) is -2.33. The summed E-state index contributed by atoms with van der Waals surface area (Å²) in [5.74, 6) is -1.39. The number of rotatable bonds is 7. The summed E-state index contributed by atoms with van der Waals surface area (Å²) >= 11 is 0. The first-order chi connectivity index (χ1) is 11.5. The molecular formula is C17H23NO6. The van der Waals surface area contributed by atoms with Gasteiger partial charge in [0.05, 0.1) is 12.0 Å². The number of cyclic esters (lactones) is 1. The second kappa shape index (κ2) is 8.23. The van der Waals surface area contributed by atoms with Crippen LogP contribution in [0.5, 0.6) is 0 Å². The van der Waals surface area contributed by atoms with Crippen molar-refractivity contribution in [3.63, 3.8) is 0 Å².